The molecule has 2 aliphatic rings. The summed E-state index contributed by atoms with van der Waals surface area (Å²) in [6.07, 6.45) is 2.17. The highest BCUT2D eigenvalue weighted by molar-refractivity contribution is 6.07. The van der Waals surface area contributed by atoms with Crippen molar-refractivity contribution in [2.75, 3.05) is 6.61 Å². The molecule has 5 heteroatoms. The second kappa shape index (κ2) is 7.70. The third-order valence-electron chi connectivity index (χ3n) is 5.86. The Morgan fingerprint density at radius 2 is 1.89 bits per heavy atom. The van der Waals surface area contributed by atoms with Gasteiger partial charge < -0.3 is 9.47 Å². The first kappa shape index (κ1) is 21.5. The highest BCUT2D eigenvalue weighted by atomic mass is 16.6. The average Bonchev–Trinajstić information content (AvgIpc) is 2.82. The Bertz CT molecular complexity index is 714. The molecule has 2 rings (SSSR count). The van der Waals surface area contributed by atoms with Crippen molar-refractivity contribution >= 4 is 17.5 Å². The summed E-state index contributed by atoms with van der Waals surface area (Å²) in [5.74, 6) is -0.716. The van der Waals surface area contributed by atoms with E-state index >= 15 is 0 Å². The molecule has 0 aromatic carbocycles. The van der Waals surface area contributed by atoms with Gasteiger partial charge in [0.05, 0.1) is 12.5 Å². The number of Topliss-reactive ketones (excluding diaryl/α,β-unsaturated/α-hetero) is 2. The second-order valence-electron chi connectivity index (χ2n) is 8.49. The summed E-state index contributed by atoms with van der Waals surface area (Å²) in [7, 11) is 0. The average molecular weight is 376 g/mol. The number of allylic oxidation sites excluding steroid dienone is 2. The van der Waals surface area contributed by atoms with E-state index in [-0.39, 0.29) is 36.4 Å². The summed E-state index contributed by atoms with van der Waals surface area (Å²) in [6, 6.07) is 0. The molecule has 0 amide bonds. The van der Waals surface area contributed by atoms with Gasteiger partial charge in [-0.15, -0.1) is 0 Å². The molecule has 0 aromatic heterocycles. The fraction of sp³-hybridized carbons (Fsp3) is 0.682. The maximum Gasteiger partial charge on any atom is 0.334 e. The second-order valence-corrected chi connectivity index (χ2v) is 8.49. The van der Waals surface area contributed by atoms with E-state index < -0.39 is 17.0 Å². The van der Waals surface area contributed by atoms with E-state index in [2.05, 4.69) is 13.8 Å². The van der Waals surface area contributed by atoms with Gasteiger partial charge in [-0.1, -0.05) is 26.8 Å². The Morgan fingerprint density at radius 3 is 2.41 bits per heavy atom. The zero-order valence-corrected chi connectivity index (χ0v) is 17.6. The maximum atomic E-state index is 13.3. The zero-order valence-electron chi connectivity index (χ0n) is 17.6. The molecule has 1 saturated carbocycles. The first-order chi connectivity index (χ1) is 12.5. The topological polar surface area (TPSA) is 69.7 Å². The molecule has 0 unspecified atom stereocenters. The molecule has 0 radical (unpaired) electrons. The van der Waals surface area contributed by atoms with Crippen LogP contribution < -0.4 is 0 Å². The molecular weight excluding hydrogens is 344 g/mol. The van der Waals surface area contributed by atoms with Crippen LogP contribution in [-0.4, -0.2) is 35.8 Å². The van der Waals surface area contributed by atoms with Gasteiger partial charge in [0.2, 0.25) is 0 Å². The minimum absolute atomic E-state index is 0.109. The zero-order chi connectivity index (χ0) is 20.6. The number of carbonyl (C=O) groups is 3. The molecule has 27 heavy (non-hydrogen) atoms. The number of hydrogen-bond acceptors (Lipinski definition) is 5. The SMILES string of the molecule is C/C=C(/C)C(=O)O[C@@]1(C)CC(=O)C2=C(C(C)C)[C@@H](OCC)C[C@]2(C)CC1=O. The predicted molar refractivity (Wildman–Crippen MR) is 103 cm³/mol. The summed E-state index contributed by atoms with van der Waals surface area (Å²) in [6.45, 7) is 13.5. The number of carbonyl (C=O) groups excluding carboxylic acids is 3. The molecule has 150 valence electrons. The van der Waals surface area contributed by atoms with Crippen LogP contribution in [0.5, 0.6) is 0 Å². The summed E-state index contributed by atoms with van der Waals surface area (Å²) < 4.78 is 11.4. The highest BCUT2D eigenvalue weighted by Gasteiger charge is 2.54. The van der Waals surface area contributed by atoms with Crippen LogP contribution in [0.4, 0.5) is 0 Å². The number of esters is 1. The minimum atomic E-state index is -1.43. The lowest BCUT2D eigenvalue weighted by Gasteiger charge is -2.28. The largest absolute Gasteiger partial charge is 0.448 e. The van der Waals surface area contributed by atoms with E-state index in [0.717, 1.165) is 5.57 Å². The van der Waals surface area contributed by atoms with Crippen molar-refractivity contribution in [3.8, 4) is 0 Å². The molecule has 0 N–H and O–H groups in total. The molecule has 3 atom stereocenters. The Hall–Kier alpha value is -1.75. The number of ketones is 2. The highest BCUT2D eigenvalue weighted by Crippen LogP contribution is 2.52. The molecule has 0 saturated heterocycles. The Morgan fingerprint density at radius 1 is 1.26 bits per heavy atom. The van der Waals surface area contributed by atoms with Gasteiger partial charge in [-0.3, -0.25) is 9.59 Å². The van der Waals surface area contributed by atoms with Gasteiger partial charge in [-0.05, 0) is 45.6 Å². The summed E-state index contributed by atoms with van der Waals surface area (Å²) in [5.41, 5.74) is 0.130. The van der Waals surface area contributed by atoms with E-state index in [4.69, 9.17) is 9.47 Å². The van der Waals surface area contributed by atoms with Crippen LogP contribution in [0.1, 0.15) is 67.7 Å². The summed E-state index contributed by atoms with van der Waals surface area (Å²) in [5, 5.41) is 0. The molecule has 0 aliphatic heterocycles. The van der Waals surface area contributed by atoms with Crippen molar-refractivity contribution < 1.29 is 23.9 Å². The normalized spacial score (nSPS) is 32.0. The van der Waals surface area contributed by atoms with Crippen LogP contribution in [-0.2, 0) is 23.9 Å². The number of ether oxygens (including phenoxy) is 2. The monoisotopic (exact) mass is 376 g/mol. The van der Waals surface area contributed by atoms with Gasteiger partial charge in [-0.2, -0.15) is 0 Å². The van der Waals surface area contributed by atoms with Gasteiger partial charge in [0.25, 0.3) is 0 Å². The molecule has 0 bridgehead atoms. The smallest absolute Gasteiger partial charge is 0.334 e. The lowest BCUT2D eigenvalue weighted by Crippen LogP contribution is -2.42. The summed E-state index contributed by atoms with van der Waals surface area (Å²) in [4.78, 5) is 38.6. The summed E-state index contributed by atoms with van der Waals surface area (Å²) >= 11 is 0. The Labute approximate surface area is 162 Å². The van der Waals surface area contributed by atoms with Crippen LogP contribution >= 0.6 is 0 Å². The predicted octanol–water partition coefficient (Wildman–Crippen LogP) is 3.95. The fourth-order valence-corrected chi connectivity index (χ4v) is 4.33. The van der Waals surface area contributed by atoms with Gasteiger partial charge in [0.1, 0.15) is 0 Å². The van der Waals surface area contributed by atoms with E-state index in [0.29, 0.717) is 24.2 Å². The number of fused-ring (bicyclic) bond motifs is 1. The molecule has 0 aromatic rings. The van der Waals surface area contributed by atoms with Crippen molar-refractivity contribution in [2.45, 2.75) is 79.4 Å². The van der Waals surface area contributed by atoms with Gasteiger partial charge in [0.15, 0.2) is 17.2 Å². The third kappa shape index (κ3) is 3.93. The van der Waals surface area contributed by atoms with Crippen molar-refractivity contribution in [2.24, 2.45) is 11.3 Å². The van der Waals surface area contributed by atoms with Crippen molar-refractivity contribution in [1.82, 2.24) is 0 Å². The van der Waals surface area contributed by atoms with Gasteiger partial charge in [0, 0.05) is 29.6 Å². The van der Waals surface area contributed by atoms with Gasteiger partial charge in [-0.25, -0.2) is 4.79 Å². The standard InChI is InChI=1S/C22H32O5/c1-8-14(5)20(25)27-22(7)10-15(23)19-18(13(3)4)16(26-9-2)11-21(19,6)12-17(22)24/h8,13,16H,9-12H2,1-7H3/b14-8-/t16-,21+,22-/m0/s1. The molecular formula is C22H32O5. The van der Waals surface area contributed by atoms with Crippen molar-refractivity contribution in [3.63, 3.8) is 0 Å². The molecule has 1 fully saturated rings. The van der Waals surface area contributed by atoms with Crippen molar-refractivity contribution in [1.29, 1.82) is 0 Å². The van der Waals surface area contributed by atoms with Crippen LogP contribution in [0.3, 0.4) is 0 Å². The first-order valence-electron chi connectivity index (χ1n) is 9.78. The lowest BCUT2D eigenvalue weighted by molar-refractivity contribution is -0.163. The maximum absolute atomic E-state index is 13.3. The molecule has 2 aliphatic carbocycles. The van der Waals surface area contributed by atoms with Crippen LogP contribution in [0.15, 0.2) is 22.8 Å². The quantitative estimate of drug-likeness (QED) is 0.537. The first-order valence-corrected chi connectivity index (χ1v) is 9.78. The third-order valence-corrected chi connectivity index (χ3v) is 5.86. The van der Waals surface area contributed by atoms with Crippen LogP contribution in [0, 0.1) is 11.3 Å². The molecule has 5 nitrogen and oxygen atoms in total. The number of hydrogen-bond donors (Lipinski definition) is 0. The number of rotatable bonds is 5. The molecule has 0 heterocycles. The Balaban J connectivity index is 2.48. The van der Waals surface area contributed by atoms with Crippen molar-refractivity contribution in [3.05, 3.63) is 22.8 Å². The molecule has 0 spiro atoms. The fourth-order valence-electron chi connectivity index (χ4n) is 4.33. The van der Waals surface area contributed by atoms with E-state index in [1.54, 1.807) is 26.8 Å². The van der Waals surface area contributed by atoms with Gasteiger partial charge >= 0.3 is 5.97 Å². The minimum Gasteiger partial charge on any atom is -0.448 e. The van der Waals surface area contributed by atoms with E-state index in [9.17, 15) is 14.4 Å². The van der Waals surface area contributed by atoms with Crippen LogP contribution in [0.2, 0.25) is 0 Å². The Kier molecular flexibility index (Phi) is 6.15. The van der Waals surface area contributed by atoms with E-state index in [1.165, 1.54) is 0 Å². The van der Waals surface area contributed by atoms with E-state index in [1.807, 2.05) is 13.8 Å². The lowest BCUT2D eigenvalue weighted by atomic mass is 9.77. The van der Waals surface area contributed by atoms with Crippen LogP contribution in [0.25, 0.3) is 0 Å².